The minimum Gasteiger partial charge on any atom is -0.314 e. The number of piperazine rings is 1. The van der Waals surface area contributed by atoms with E-state index in [0.29, 0.717) is 26.2 Å². The number of hydrogen-bond donors (Lipinski definition) is 2. The lowest BCUT2D eigenvalue weighted by Crippen LogP contribution is -2.48. The van der Waals surface area contributed by atoms with Crippen LogP contribution < -0.4 is 10.0 Å². The third-order valence-corrected chi connectivity index (χ3v) is 5.57. The number of hydrogen-bond acceptors (Lipinski definition) is 3. The Morgan fingerprint density at radius 2 is 1.85 bits per heavy atom. The van der Waals surface area contributed by atoms with Gasteiger partial charge in [0.05, 0.1) is 5.69 Å². The lowest BCUT2D eigenvalue weighted by molar-refractivity contribution is 0.362. The fourth-order valence-corrected chi connectivity index (χ4v) is 4.23. The number of nitrogens with one attached hydrogen (secondary N) is 2. The molecule has 1 heterocycles. The zero-order chi connectivity index (χ0) is 14.0. The molecule has 0 spiro atoms. The van der Waals surface area contributed by atoms with Crippen LogP contribution in [0.25, 0.3) is 0 Å². The van der Waals surface area contributed by atoms with Crippen LogP contribution in [0.5, 0.6) is 0 Å². The molecule has 1 aromatic rings. The molecule has 2 aliphatic rings. The van der Waals surface area contributed by atoms with Gasteiger partial charge in [0.25, 0.3) is 0 Å². The van der Waals surface area contributed by atoms with Crippen molar-refractivity contribution in [2.45, 2.75) is 25.7 Å². The second-order valence-corrected chi connectivity index (χ2v) is 7.08. The first-order chi connectivity index (χ1) is 9.67. The van der Waals surface area contributed by atoms with Gasteiger partial charge in [0.15, 0.2) is 0 Å². The van der Waals surface area contributed by atoms with E-state index in [1.165, 1.54) is 21.9 Å². The summed E-state index contributed by atoms with van der Waals surface area (Å²) in [5, 5.41) is 3.17. The summed E-state index contributed by atoms with van der Waals surface area (Å²) in [4.78, 5) is 0. The first kappa shape index (κ1) is 13.9. The molecular formula is C14H21N3O2S. The van der Waals surface area contributed by atoms with Crippen LogP contribution in [-0.2, 0) is 23.1 Å². The molecule has 0 aromatic heterocycles. The van der Waals surface area contributed by atoms with Crippen LogP contribution in [-0.4, -0.2) is 38.9 Å². The van der Waals surface area contributed by atoms with E-state index >= 15 is 0 Å². The molecule has 0 radical (unpaired) electrons. The molecule has 6 heteroatoms. The molecule has 0 amide bonds. The monoisotopic (exact) mass is 295 g/mol. The lowest BCUT2D eigenvalue weighted by atomic mass is 9.91. The van der Waals surface area contributed by atoms with Gasteiger partial charge in [-0.3, -0.25) is 4.72 Å². The van der Waals surface area contributed by atoms with E-state index in [1.54, 1.807) is 0 Å². The van der Waals surface area contributed by atoms with Crippen molar-refractivity contribution < 1.29 is 8.42 Å². The van der Waals surface area contributed by atoms with Gasteiger partial charge in [0.1, 0.15) is 0 Å². The molecule has 1 aliphatic heterocycles. The van der Waals surface area contributed by atoms with Crippen LogP contribution in [0.4, 0.5) is 5.69 Å². The summed E-state index contributed by atoms with van der Waals surface area (Å²) in [6, 6.07) is 5.93. The second kappa shape index (κ2) is 5.71. The van der Waals surface area contributed by atoms with E-state index in [1.807, 2.05) is 12.1 Å². The Hall–Kier alpha value is -1.11. The molecule has 3 rings (SSSR count). The third-order valence-electron chi connectivity index (χ3n) is 4.05. The van der Waals surface area contributed by atoms with Gasteiger partial charge >= 0.3 is 10.2 Å². The Morgan fingerprint density at radius 1 is 1.10 bits per heavy atom. The summed E-state index contributed by atoms with van der Waals surface area (Å²) >= 11 is 0. The van der Waals surface area contributed by atoms with Gasteiger partial charge in [-0.15, -0.1) is 0 Å². The van der Waals surface area contributed by atoms with Gasteiger partial charge < -0.3 is 5.32 Å². The van der Waals surface area contributed by atoms with Crippen LogP contribution in [0.3, 0.4) is 0 Å². The van der Waals surface area contributed by atoms with E-state index in [2.05, 4.69) is 16.1 Å². The topological polar surface area (TPSA) is 61.4 Å². The molecule has 1 aliphatic carbocycles. The average molecular weight is 295 g/mol. The third kappa shape index (κ3) is 2.82. The Bertz CT molecular complexity index is 580. The normalized spacial score (nSPS) is 20.4. The Morgan fingerprint density at radius 3 is 2.65 bits per heavy atom. The SMILES string of the molecule is O=S(=O)(Nc1cccc2c1CCCC2)N1CCNCC1. The van der Waals surface area contributed by atoms with Gasteiger partial charge in [0, 0.05) is 26.2 Å². The fraction of sp³-hybridized carbons (Fsp3) is 0.571. The van der Waals surface area contributed by atoms with Crippen molar-refractivity contribution in [1.29, 1.82) is 0 Å². The summed E-state index contributed by atoms with van der Waals surface area (Å²) in [5.41, 5.74) is 3.23. The molecule has 1 fully saturated rings. The van der Waals surface area contributed by atoms with Crippen molar-refractivity contribution in [3.63, 3.8) is 0 Å². The molecule has 1 saturated heterocycles. The van der Waals surface area contributed by atoms with Crippen LogP contribution in [0, 0.1) is 0 Å². The van der Waals surface area contributed by atoms with Gasteiger partial charge in [-0.05, 0) is 42.9 Å². The van der Waals surface area contributed by atoms with Gasteiger partial charge in [-0.25, -0.2) is 0 Å². The zero-order valence-electron chi connectivity index (χ0n) is 11.6. The summed E-state index contributed by atoms with van der Waals surface area (Å²) in [7, 11) is -3.43. The Balaban J connectivity index is 1.83. The molecule has 0 unspecified atom stereocenters. The second-order valence-electron chi connectivity index (χ2n) is 5.41. The van der Waals surface area contributed by atoms with Crippen molar-refractivity contribution in [1.82, 2.24) is 9.62 Å². The molecule has 2 N–H and O–H groups in total. The van der Waals surface area contributed by atoms with Gasteiger partial charge in [-0.1, -0.05) is 12.1 Å². The fourth-order valence-electron chi connectivity index (χ4n) is 2.97. The minimum atomic E-state index is -3.43. The molecule has 5 nitrogen and oxygen atoms in total. The van der Waals surface area contributed by atoms with Crippen LogP contribution in [0.2, 0.25) is 0 Å². The number of benzene rings is 1. The average Bonchev–Trinajstić information content (AvgIpc) is 2.48. The summed E-state index contributed by atoms with van der Waals surface area (Å²) < 4.78 is 29.2. The minimum absolute atomic E-state index is 0.532. The van der Waals surface area contributed by atoms with E-state index in [0.717, 1.165) is 24.9 Å². The highest BCUT2D eigenvalue weighted by atomic mass is 32.2. The molecule has 0 saturated carbocycles. The first-order valence-electron chi connectivity index (χ1n) is 7.26. The lowest BCUT2D eigenvalue weighted by Gasteiger charge is -2.28. The number of rotatable bonds is 3. The summed E-state index contributed by atoms with van der Waals surface area (Å²) in [6.07, 6.45) is 4.36. The smallest absolute Gasteiger partial charge is 0.301 e. The maximum Gasteiger partial charge on any atom is 0.301 e. The van der Waals surface area contributed by atoms with E-state index in [9.17, 15) is 8.42 Å². The van der Waals surface area contributed by atoms with Crippen molar-refractivity contribution >= 4 is 15.9 Å². The van der Waals surface area contributed by atoms with E-state index in [-0.39, 0.29) is 0 Å². The highest BCUT2D eigenvalue weighted by Crippen LogP contribution is 2.28. The maximum atomic E-state index is 12.4. The number of aryl methyl sites for hydroxylation is 1. The van der Waals surface area contributed by atoms with Gasteiger partial charge in [0.2, 0.25) is 0 Å². The maximum absolute atomic E-state index is 12.4. The molecule has 20 heavy (non-hydrogen) atoms. The highest BCUT2D eigenvalue weighted by molar-refractivity contribution is 7.90. The first-order valence-corrected chi connectivity index (χ1v) is 8.70. The Labute approximate surface area is 120 Å². The number of fused-ring (bicyclic) bond motifs is 1. The predicted molar refractivity (Wildman–Crippen MR) is 80.1 cm³/mol. The van der Waals surface area contributed by atoms with E-state index < -0.39 is 10.2 Å². The summed E-state index contributed by atoms with van der Waals surface area (Å²) in [6.45, 7) is 2.50. The molecular weight excluding hydrogens is 274 g/mol. The molecule has 110 valence electrons. The standard InChI is InChI=1S/C14H21N3O2S/c18-20(19,17-10-8-15-9-11-17)16-14-7-3-5-12-4-1-2-6-13(12)14/h3,5,7,15-16H,1-2,4,6,8-11H2. The van der Waals surface area contributed by atoms with Crippen molar-refractivity contribution in [2.75, 3.05) is 30.9 Å². The quantitative estimate of drug-likeness (QED) is 0.878. The predicted octanol–water partition coefficient (Wildman–Crippen LogP) is 1.13. The molecule has 0 bridgehead atoms. The van der Waals surface area contributed by atoms with Crippen molar-refractivity contribution in [3.8, 4) is 0 Å². The Kier molecular flexibility index (Phi) is 3.96. The molecule has 1 aromatic carbocycles. The van der Waals surface area contributed by atoms with Crippen LogP contribution in [0.1, 0.15) is 24.0 Å². The van der Waals surface area contributed by atoms with Crippen molar-refractivity contribution in [2.24, 2.45) is 0 Å². The van der Waals surface area contributed by atoms with Crippen LogP contribution in [0.15, 0.2) is 18.2 Å². The molecule has 0 atom stereocenters. The largest absolute Gasteiger partial charge is 0.314 e. The number of anilines is 1. The van der Waals surface area contributed by atoms with E-state index in [4.69, 9.17) is 0 Å². The van der Waals surface area contributed by atoms with Gasteiger partial charge in [-0.2, -0.15) is 12.7 Å². The van der Waals surface area contributed by atoms with Crippen molar-refractivity contribution in [3.05, 3.63) is 29.3 Å². The van der Waals surface area contributed by atoms with Crippen LogP contribution >= 0.6 is 0 Å². The number of nitrogens with zero attached hydrogens (tertiary/aromatic N) is 1. The highest BCUT2D eigenvalue weighted by Gasteiger charge is 2.25. The summed E-state index contributed by atoms with van der Waals surface area (Å²) in [5.74, 6) is 0. The zero-order valence-corrected chi connectivity index (χ0v) is 12.4.